The minimum atomic E-state index is 0.507. The number of hydrogen-bond donors (Lipinski definition) is 1. The quantitative estimate of drug-likeness (QED) is 0.530. The second-order valence-corrected chi connectivity index (χ2v) is 4.65. The maximum Gasteiger partial charge on any atom is 0.120 e. The summed E-state index contributed by atoms with van der Waals surface area (Å²) in [6.07, 6.45) is 1.37. The molecule has 0 radical (unpaired) electrons. The van der Waals surface area contributed by atoms with Crippen molar-refractivity contribution in [3.05, 3.63) is 64.1 Å². The highest BCUT2D eigenvalue weighted by Gasteiger charge is 1.97. The highest BCUT2D eigenvalue weighted by molar-refractivity contribution is 9.10. The van der Waals surface area contributed by atoms with Crippen molar-refractivity contribution in [2.75, 3.05) is 0 Å². The van der Waals surface area contributed by atoms with Crippen molar-refractivity contribution in [2.24, 2.45) is 5.16 Å². The summed E-state index contributed by atoms with van der Waals surface area (Å²) in [7, 11) is 0. The Kier molecular flexibility index (Phi) is 4.36. The zero-order valence-electron chi connectivity index (χ0n) is 9.58. The van der Waals surface area contributed by atoms with Crippen molar-refractivity contribution in [1.29, 1.82) is 0 Å². The molecule has 0 saturated carbocycles. The third-order valence-electron chi connectivity index (χ3n) is 2.38. The van der Waals surface area contributed by atoms with Crippen LogP contribution in [0.5, 0.6) is 5.75 Å². The summed E-state index contributed by atoms with van der Waals surface area (Å²) in [5, 5.41) is 11.5. The van der Waals surface area contributed by atoms with E-state index in [0.717, 1.165) is 21.3 Å². The van der Waals surface area contributed by atoms with Gasteiger partial charge >= 0.3 is 0 Å². The van der Waals surface area contributed by atoms with E-state index >= 15 is 0 Å². The average Bonchev–Trinajstić information content (AvgIpc) is 2.39. The Labute approximate surface area is 114 Å². The smallest absolute Gasteiger partial charge is 0.120 e. The number of nitrogens with zero attached hydrogens (tertiary/aromatic N) is 1. The topological polar surface area (TPSA) is 41.8 Å². The standard InChI is InChI=1S/C14H12BrNO2/c15-13-6-4-11(5-7-13)10-18-14-3-1-2-12(8-14)9-16-17/h1-9,17H,10H2. The Hall–Kier alpha value is -1.81. The zero-order chi connectivity index (χ0) is 12.8. The summed E-state index contributed by atoms with van der Waals surface area (Å²) >= 11 is 3.39. The molecule has 0 unspecified atom stereocenters. The fourth-order valence-corrected chi connectivity index (χ4v) is 1.76. The van der Waals surface area contributed by atoms with Crippen LogP contribution < -0.4 is 4.74 Å². The van der Waals surface area contributed by atoms with Crippen molar-refractivity contribution in [3.63, 3.8) is 0 Å². The molecule has 0 aliphatic carbocycles. The Morgan fingerprint density at radius 2 is 1.94 bits per heavy atom. The summed E-state index contributed by atoms with van der Waals surface area (Å²) in [6, 6.07) is 15.3. The molecule has 0 fully saturated rings. The number of benzene rings is 2. The summed E-state index contributed by atoms with van der Waals surface area (Å²) in [5.74, 6) is 0.746. The molecule has 2 rings (SSSR count). The molecule has 0 saturated heterocycles. The van der Waals surface area contributed by atoms with Crippen LogP contribution in [0.2, 0.25) is 0 Å². The molecule has 2 aromatic carbocycles. The van der Waals surface area contributed by atoms with Gasteiger partial charge in [-0.2, -0.15) is 0 Å². The van der Waals surface area contributed by atoms with Crippen LogP contribution in [-0.4, -0.2) is 11.4 Å². The van der Waals surface area contributed by atoms with Crippen LogP contribution in [0.25, 0.3) is 0 Å². The Morgan fingerprint density at radius 1 is 1.17 bits per heavy atom. The van der Waals surface area contributed by atoms with E-state index in [2.05, 4.69) is 21.1 Å². The number of halogens is 1. The first-order valence-corrected chi connectivity index (χ1v) is 6.22. The molecule has 18 heavy (non-hydrogen) atoms. The molecular weight excluding hydrogens is 294 g/mol. The Balaban J connectivity index is 2.01. The van der Waals surface area contributed by atoms with Gasteiger partial charge in [0.1, 0.15) is 12.4 Å². The van der Waals surface area contributed by atoms with E-state index in [9.17, 15) is 0 Å². The van der Waals surface area contributed by atoms with E-state index < -0.39 is 0 Å². The first kappa shape index (κ1) is 12.6. The summed E-state index contributed by atoms with van der Waals surface area (Å²) < 4.78 is 6.71. The van der Waals surface area contributed by atoms with Gasteiger partial charge in [0, 0.05) is 4.47 Å². The lowest BCUT2D eigenvalue weighted by Crippen LogP contribution is -1.95. The molecule has 0 spiro atoms. The van der Waals surface area contributed by atoms with Crippen LogP contribution >= 0.6 is 15.9 Å². The molecule has 2 aromatic rings. The fraction of sp³-hybridized carbons (Fsp3) is 0.0714. The monoisotopic (exact) mass is 305 g/mol. The van der Waals surface area contributed by atoms with E-state index in [1.165, 1.54) is 6.21 Å². The zero-order valence-corrected chi connectivity index (χ0v) is 11.2. The van der Waals surface area contributed by atoms with Crippen molar-refractivity contribution in [2.45, 2.75) is 6.61 Å². The second kappa shape index (κ2) is 6.21. The lowest BCUT2D eigenvalue weighted by molar-refractivity contribution is 0.306. The molecule has 3 nitrogen and oxygen atoms in total. The Morgan fingerprint density at radius 3 is 2.67 bits per heavy atom. The van der Waals surface area contributed by atoms with Gasteiger partial charge in [-0.25, -0.2) is 0 Å². The van der Waals surface area contributed by atoms with E-state index in [1.54, 1.807) is 0 Å². The highest BCUT2D eigenvalue weighted by Crippen LogP contribution is 2.15. The molecular formula is C14H12BrNO2. The number of ether oxygens (including phenoxy) is 1. The molecule has 0 aromatic heterocycles. The molecule has 1 N–H and O–H groups in total. The van der Waals surface area contributed by atoms with Crippen LogP contribution in [0, 0.1) is 0 Å². The van der Waals surface area contributed by atoms with Gasteiger partial charge < -0.3 is 9.94 Å². The summed E-state index contributed by atoms with van der Waals surface area (Å²) in [6.45, 7) is 0.507. The summed E-state index contributed by atoms with van der Waals surface area (Å²) in [5.41, 5.74) is 1.89. The molecule has 4 heteroatoms. The van der Waals surface area contributed by atoms with Gasteiger partial charge in [0.15, 0.2) is 0 Å². The van der Waals surface area contributed by atoms with E-state index in [-0.39, 0.29) is 0 Å². The lowest BCUT2D eigenvalue weighted by Gasteiger charge is -2.06. The third kappa shape index (κ3) is 3.60. The predicted molar refractivity (Wildman–Crippen MR) is 74.3 cm³/mol. The largest absolute Gasteiger partial charge is 0.489 e. The van der Waals surface area contributed by atoms with Crippen LogP contribution in [0.3, 0.4) is 0 Å². The predicted octanol–water partition coefficient (Wildman–Crippen LogP) is 3.84. The van der Waals surface area contributed by atoms with Crippen molar-refractivity contribution < 1.29 is 9.94 Å². The van der Waals surface area contributed by atoms with Gasteiger partial charge in [-0.1, -0.05) is 45.4 Å². The van der Waals surface area contributed by atoms with Gasteiger partial charge in [0.2, 0.25) is 0 Å². The van der Waals surface area contributed by atoms with Crippen molar-refractivity contribution in [1.82, 2.24) is 0 Å². The summed E-state index contributed by atoms with van der Waals surface area (Å²) in [4.78, 5) is 0. The maximum absolute atomic E-state index is 8.47. The molecule has 0 aliphatic rings. The molecule has 0 bridgehead atoms. The average molecular weight is 306 g/mol. The first-order valence-electron chi connectivity index (χ1n) is 5.42. The lowest BCUT2D eigenvalue weighted by atomic mass is 10.2. The molecule has 0 heterocycles. The van der Waals surface area contributed by atoms with Gasteiger partial charge in [0.05, 0.1) is 6.21 Å². The molecule has 0 atom stereocenters. The van der Waals surface area contributed by atoms with Crippen LogP contribution in [0.1, 0.15) is 11.1 Å². The van der Waals surface area contributed by atoms with Crippen LogP contribution in [-0.2, 0) is 6.61 Å². The number of hydrogen-bond acceptors (Lipinski definition) is 3. The van der Waals surface area contributed by atoms with Crippen molar-refractivity contribution in [3.8, 4) is 5.75 Å². The van der Waals surface area contributed by atoms with Gasteiger partial charge in [-0.15, -0.1) is 0 Å². The molecule has 92 valence electrons. The van der Waals surface area contributed by atoms with Crippen LogP contribution in [0.4, 0.5) is 0 Å². The van der Waals surface area contributed by atoms with Crippen molar-refractivity contribution >= 4 is 22.1 Å². The highest BCUT2D eigenvalue weighted by atomic mass is 79.9. The van der Waals surface area contributed by atoms with Gasteiger partial charge in [-0.3, -0.25) is 0 Å². The third-order valence-corrected chi connectivity index (χ3v) is 2.91. The molecule has 0 aliphatic heterocycles. The number of rotatable bonds is 4. The molecule has 0 amide bonds. The van der Waals surface area contributed by atoms with E-state index in [4.69, 9.17) is 9.94 Å². The number of oxime groups is 1. The van der Waals surface area contributed by atoms with Crippen LogP contribution in [0.15, 0.2) is 58.2 Å². The fourth-order valence-electron chi connectivity index (χ4n) is 1.50. The van der Waals surface area contributed by atoms with E-state index in [0.29, 0.717) is 6.61 Å². The SMILES string of the molecule is ON=Cc1cccc(OCc2ccc(Br)cc2)c1. The second-order valence-electron chi connectivity index (χ2n) is 3.73. The first-order chi connectivity index (χ1) is 8.78. The van der Waals surface area contributed by atoms with Gasteiger partial charge in [0.25, 0.3) is 0 Å². The van der Waals surface area contributed by atoms with Gasteiger partial charge in [-0.05, 0) is 35.4 Å². The Bertz CT molecular complexity index is 538. The van der Waals surface area contributed by atoms with E-state index in [1.807, 2.05) is 48.5 Å². The minimum Gasteiger partial charge on any atom is -0.489 e. The maximum atomic E-state index is 8.47. The minimum absolute atomic E-state index is 0.507. The normalized spacial score (nSPS) is 10.7.